The third-order valence-electron chi connectivity index (χ3n) is 2.02. The first-order valence-corrected chi connectivity index (χ1v) is 5.36. The summed E-state index contributed by atoms with van der Waals surface area (Å²) in [5.74, 6) is 0.0264. The Labute approximate surface area is 91.3 Å². The lowest BCUT2D eigenvalue weighted by molar-refractivity contribution is 0.0455. The van der Waals surface area contributed by atoms with Gasteiger partial charge in [0.25, 0.3) is 0 Å². The molecule has 0 aromatic carbocycles. The Kier molecular flexibility index (Phi) is 3.08. The molecule has 0 bridgehead atoms. The molecule has 2 heterocycles. The van der Waals surface area contributed by atoms with Crippen LogP contribution in [-0.4, -0.2) is 34.5 Å². The zero-order valence-electron chi connectivity index (χ0n) is 7.96. The van der Waals surface area contributed by atoms with Gasteiger partial charge in [0.1, 0.15) is 5.69 Å². The molecule has 1 aromatic heterocycles. The van der Waals surface area contributed by atoms with Gasteiger partial charge in [-0.2, -0.15) is 0 Å². The van der Waals surface area contributed by atoms with Gasteiger partial charge in [0.05, 0.1) is 18.5 Å². The zero-order chi connectivity index (χ0) is 10.7. The Hall–Kier alpha value is -1.27. The molecule has 80 valence electrons. The highest BCUT2D eigenvalue weighted by atomic mass is 32.2. The van der Waals surface area contributed by atoms with Gasteiger partial charge in [-0.15, -0.1) is 11.8 Å². The number of aromatic nitrogens is 1. The monoisotopic (exact) mass is 225 g/mol. The number of hydrogen-bond acceptors (Lipinski definition) is 5. The van der Waals surface area contributed by atoms with E-state index in [-0.39, 0.29) is 5.84 Å². The van der Waals surface area contributed by atoms with E-state index in [1.165, 1.54) is 0 Å². The Morgan fingerprint density at radius 2 is 2.40 bits per heavy atom. The van der Waals surface area contributed by atoms with Gasteiger partial charge in [0.2, 0.25) is 0 Å². The molecule has 3 N–H and O–H groups in total. The summed E-state index contributed by atoms with van der Waals surface area (Å²) in [6.07, 6.45) is 1.72. The van der Waals surface area contributed by atoms with E-state index in [1.54, 1.807) is 24.0 Å². The van der Waals surface area contributed by atoms with Gasteiger partial charge in [0.15, 0.2) is 5.84 Å². The van der Waals surface area contributed by atoms with Crippen molar-refractivity contribution in [1.82, 2.24) is 4.98 Å². The van der Waals surface area contributed by atoms with Crippen LogP contribution in [-0.2, 0) is 4.74 Å². The molecule has 0 spiro atoms. The minimum atomic E-state index is 0.0264. The van der Waals surface area contributed by atoms with Crippen LogP contribution in [0.3, 0.4) is 0 Å². The summed E-state index contributed by atoms with van der Waals surface area (Å²) in [5.41, 5.74) is 5.87. The smallest absolute Gasteiger partial charge is 0.188 e. The summed E-state index contributed by atoms with van der Waals surface area (Å²) in [5, 5.41) is 11.9. The minimum absolute atomic E-state index is 0.0264. The molecule has 2 rings (SSSR count). The second kappa shape index (κ2) is 4.50. The molecular weight excluding hydrogens is 214 g/mol. The lowest BCUT2D eigenvalue weighted by Crippen LogP contribution is -2.30. The lowest BCUT2D eigenvalue weighted by atomic mass is 10.3. The number of nitrogens with zero attached hydrogens (tertiary/aromatic N) is 2. The van der Waals surface area contributed by atoms with Gasteiger partial charge in [0, 0.05) is 11.1 Å². The summed E-state index contributed by atoms with van der Waals surface area (Å²) in [7, 11) is 0. The number of nitrogens with two attached hydrogens (primary N) is 1. The van der Waals surface area contributed by atoms with Crippen LogP contribution in [0.2, 0.25) is 0 Å². The van der Waals surface area contributed by atoms with Crippen LogP contribution in [0.15, 0.2) is 28.4 Å². The summed E-state index contributed by atoms with van der Waals surface area (Å²) in [4.78, 5) is 5.15. The van der Waals surface area contributed by atoms with E-state index in [9.17, 15) is 0 Å². The van der Waals surface area contributed by atoms with E-state index >= 15 is 0 Å². The highest BCUT2D eigenvalue weighted by molar-refractivity contribution is 8.00. The third kappa shape index (κ3) is 2.40. The van der Waals surface area contributed by atoms with Crippen LogP contribution in [0.1, 0.15) is 5.69 Å². The molecule has 6 heteroatoms. The lowest BCUT2D eigenvalue weighted by Gasteiger charge is -2.24. The first-order chi connectivity index (χ1) is 7.29. The number of hydrogen-bond donors (Lipinski definition) is 2. The topological polar surface area (TPSA) is 80.7 Å². The van der Waals surface area contributed by atoms with Gasteiger partial charge < -0.3 is 15.7 Å². The van der Waals surface area contributed by atoms with Crippen LogP contribution in [0.4, 0.5) is 0 Å². The molecule has 1 fully saturated rings. The summed E-state index contributed by atoms with van der Waals surface area (Å²) < 4.78 is 5.07. The van der Waals surface area contributed by atoms with Crippen molar-refractivity contribution in [2.24, 2.45) is 10.9 Å². The van der Waals surface area contributed by atoms with Crippen molar-refractivity contribution in [1.29, 1.82) is 0 Å². The van der Waals surface area contributed by atoms with Crippen molar-refractivity contribution in [2.45, 2.75) is 10.1 Å². The van der Waals surface area contributed by atoms with Gasteiger partial charge in [-0.3, -0.25) is 4.98 Å². The molecule has 1 aromatic rings. The van der Waals surface area contributed by atoms with Gasteiger partial charge in [-0.05, 0) is 12.1 Å². The van der Waals surface area contributed by atoms with Gasteiger partial charge in [-0.1, -0.05) is 5.16 Å². The van der Waals surface area contributed by atoms with E-state index in [2.05, 4.69) is 10.1 Å². The quantitative estimate of drug-likeness (QED) is 0.342. The maximum absolute atomic E-state index is 8.45. The highest BCUT2D eigenvalue weighted by Gasteiger charge is 2.19. The van der Waals surface area contributed by atoms with Crippen LogP contribution >= 0.6 is 11.8 Å². The molecule has 0 aliphatic carbocycles. The fraction of sp³-hybridized carbons (Fsp3) is 0.333. The number of rotatable bonds is 3. The average Bonchev–Trinajstić information content (AvgIpc) is 2.23. The maximum atomic E-state index is 8.45. The SMILES string of the molecule is N/C(=N/O)c1ccc(SC2COC2)cn1. The Balaban J connectivity index is 2.03. The number of thioether (sulfide) groups is 1. The molecular formula is C9H11N3O2S. The maximum Gasteiger partial charge on any atom is 0.188 e. The molecule has 1 aliphatic heterocycles. The first kappa shape index (κ1) is 10.3. The molecule has 0 atom stereocenters. The number of ether oxygens (including phenoxy) is 1. The third-order valence-corrected chi connectivity index (χ3v) is 3.14. The van der Waals surface area contributed by atoms with Gasteiger partial charge >= 0.3 is 0 Å². The summed E-state index contributed by atoms with van der Waals surface area (Å²) in [6, 6.07) is 3.64. The van der Waals surface area contributed by atoms with Crippen LogP contribution in [0.25, 0.3) is 0 Å². The van der Waals surface area contributed by atoms with E-state index in [4.69, 9.17) is 15.7 Å². The molecule has 0 unspecified atom stereocenters. The molecule has 1 saturated heterocycles. The van der Waals surface area contributed by atoms with Crippen molar-refractivity contribution in [2.75, 3.05) is 13.2 Å². The Bertz CT molecular complexity index is 362. The number of pyridine rings is 1. The minimum Gasteiger partial charge on any atom is -0.409 e. The van der Waals surface area contributed by atoms with E-state index in [0.717, 1.165) is 18.1 Å². The zero-order valence-corrected chi connectivity index (χ0v) is 8.78. The number of amidine groups is 1. The molecule has 0 amide bonds. The first-order valence-electron chi connectivity index (χ1n) is 4.48. The summed E-state index contributed by atoms with van der Waals surface area (Å²) in [6.45, 7) is 1.60. The van der Waals surface area contributed by atoms with Gasteiger partial charge in [-0.25, -0.2) is 0 Å². The second-order valence-electron chi connectivity index (χ2n) is 3.14. The molecule has 1 aliphatic rings. The van der Waals surface area contributed by atoms with Crippen molar-refractivity contribution in [3.05, 3.63) is 24.0 Å². The Morgan fingerprint density at radius 3 is 2.87 bits per heavy atom. The Morgan fingerprint density at radius 1 is 1.60 bits per heavy atom. The normalized spacial score (nSPS) is 17.5. The van der Waals surface area contributed by atoms with E-state index in [1.807, 2.05) is 6.07 Å². The van der Waals surface area contributed by atoms with Crippen LogP contribution in [0.5, 0.6) is 0 Å². The van der Waals surface area contributed by atoms with Crippen molar-refractivity contribution < 1.29 is 9.94 Å². The second-order valence-corrected chi connectivity index (χ2v) is 4.52. The van der Waals surface area contributed by atoms with Crippen molar-refractivity contribution in [3.8, 4) is 0 Å². The van der Waals surface area contributed by atoms with Crippen molar-refractivity contribution in [3.63, 3.8) is 0 Å². The fourth-order valence-corrected chi connectivity index (χ4v) is 2.10. The van der Waals surface area contributed by atoms with Crippen LogP contribution in [0, 0.1) is 0 Å². The standard InChI is InChI=1S/C9H11N3O2S/c10-9(12-13)8-2-1-6(3-11-8)15-7-4-14-5-7/h1-3,7,13H,4-5H2,(H2,10,12). The molecule has 0 radical (unpaired) electrons. The average molecular weight is 225 g/mol. The molecule has 15 heavy (non-hydrogen) atoms. The predicted octanol–water partition coefficient (Wildman–Crippen LogP) is 0.667. The fourth-order valence-electron chi connectivity index (χ4n) is 1.13. The van der Waals surface area contributed by atoms with E-state index < -0.39 is 0 Å². The number of oxime groups is 1. The van der Waals surface area contributed by atoms with Crippen LogP contribution < -0.4 is 5.73 Å². The van der Waals surface area contributed by atoms with Crippen molar-refractivity contribution >= 4 is 17.6 Å². The highest BCUT2D eigenvalue weighted by Crippen LogP contribution is 2.27. The molecule has 5 nitrogen and oxygen atoms in total. The van der Waals surface area contributed by atoms with E-state index in [0.29, 0.717) is 10.9 Å². The predicted molar refractivity (Wildman–Crippen MR) is 57.2 cm³/mol. The summed E-state index contributed by atoms with van der Waals surface area (Å²) >= 11 is 1.73. The largest absolute Gasteiger partial charge is 0.409 e. The molecule has 0 saturated carbocycles.